The number of hydrogen-bond acceptors (Lipinski definition) is 5. The van der Waals surface area contributed by atoms with Crippen LogP contribution in [0.3, 0.4) is 0 Å². The summed E-state index contributed by atoms with van der Waals surface area (Å²) in [7, 11) is 0. The van der Waals surface area contributed by atoms with Gasteiger partial charge in [-0.1, -0.05) is 37.2 Å². The number of aryl methyl sites for hydroxylation is 1. The largest absolute Gasteiger partial charge is 0.399 e. The highest BCUT2D eigenvalue weighted by atomic mass is 32.2. The van der Waals surface area contributed by atoms with Crippen LogP contribution in [0.1, 0.15) is 38.2 Å². The van der Waals surface area contributed by atoms with Crippen LogP contribution in [-0.2, 0) is 0 Å². The molecule has 5 heteroatoms. The van der Waals surface area contributed by atoms with Crippen LogP contribution in [-0.4, -0.2) is 17.1 Å². The molecular formula is C20H28N4S. The molecule has 2 atom stereocenters. The van der Waals surface area contributed by atoms with Crippen LogP contribution < -0.4 is 16.8 Å². The molecule has 0 radical (unpaired) electrons. The molecule has 0 amide bonds. The number of anilines is 2. The van der Waals surface area contributed by atoms with Crippen molar-refractivity contribution in [3.63, 3.8) is 0 Å². The second-order valence-corrected chi connectivity index (χ2v) is 8.28. The van der Waals surface area contributed by atoms with Crippen molar-refractivity contribution in [3.05, 3.63) is 35.7 Å². The SMILES string of the molecule is C=CSc1c(NCC2CCCCC2(C)N)nc2cc(N)ccc2c1C. The lowest BCUT2D eigenvalue weighted by molar-refractivity contribution is 0.219. The van der Waals surface area contributed by atoms with Crippen LogP contribution in [0, 0.1) is 12.8 Å². The molecular weight excluding hydrogens is 328 g/mol. The van der Waals surface area contributed by atoms with E-state index in [-0.39, 0.29) is 5.54 Å². The van der Waals surface area contributed by atoms with Gasteiger partial charge in [-0.15, -0.1) is 0 Å². The van der Waals surface area contributed by atoms with Gasteiger partial charge in [-0.25, -0.2) is 4.98 Å². The first-order chi connectivity index (χ1) is 11.9. The van der Waals surface area contributed by atoms with Gasteiger partial charge in [0.15, 0.2) is 0 Å². The van der Waals surface area contributed by atoms with Crippen molar-refractivity contribution >= 4 is 34.2 Å². The van der Waals surface area contributed by atoms with E-state index in [4.69, 9.17) is 16.5 Å². The fourth-order valence-electron chi connectivity index (χ4n) is 3.76. The summed E-state index contributed by atoms with van der Waals surface area (Å²) in [5, 5.41) is 6.56. The monoisotopic (exact) mass is 356 g/mol. The number of hydrogen-bond donors (Lipinski definition) is 3. The molecule has 1 fully saturated rings. The summed E-state index contributed by atoms with van der Waals surface area (Å²) in [6.07, 6.45) is 4.75. The Labute approximate surface area is 154 Å². The Kier molecular flexibility index (Phi) is 5.25. The molecule has 1 aromatic heterocycles. The summed E-state index contributed by atoms with van der Waals surface area (Å²) < 4.78 is 0. The number of rotatable bonds is 5. The van der Waals surface area contributed by atoms with E-state index in [2.05, 4.69) is 25.7 Å². The number of aromatic nitrogens is 1. The normalized spacial score (nSPS) is 23.6. The number of nitrogens with one attached hydrogen (secondary N) is 1. The third-order valence-corrected chi connectivity index (χ3v) is 6.28. The summed E-state index contributed by atoms with van der Waals surface area (Å²) in [4.78, 5) is 5.97. The molecule has 134 valence electrons. The lowest BCUT2D eigenvalue weighted by Crippen LogP contribution is -2.49. The summed E-state index contributed by atoms with van der Waals surface area (Å²) in [5.41, 5.74) is 15.2. The zero-order chi connectivity index (χ0) is 18.0. The molecule has 1 heterocycles. The van der Waals surface area contributed by atoms with Crippen LogP contribution in [0.15, 0.2) is 35.1 Å². The highest BCUT2D eigenvalue weighted by molar-refractivity contribution is 8.02. The highest BCUT2D eigenvalue weighted by Gasteiger charge is 2.32. The van der Waals surface area contributed by atoms with Gasteiger partial charge in [0.2, 0.25) is 0 Å². The lowest BCUT2D eigenvalue weighted by atomic mass is 9.74. The van der Waals surface area contributed by atoms with E-state index in [0.717, 1.165) is 40.3 Å². The fourth-order valence-corrected chi connectivity index (χ4v) is 4.45. The Bertz CT molecular complexity index is 785. The van der Waals surface area contributed by atoms with Gasteiger partial charge >= 0.3 is 0 Å². The number of benzene rings is 1. The van der Waals surface area contributed by atoms with E-state index in [1.165, 1.54) is 24.8 Å². The first-order valence-corrected chi connectivity index (χ1v) is 9.80. The van der Waals surface area contributed by atoms with E-state index in [1.807, 2.05) is 23.6 Å². The van der Waals surface area contributed by atoms with E-state index < -0.39 is 0 Å². The van der Waals surface area contributed by atoms with Gasteiger partial charge in [0.1, 0.15) is 5.82 Å². The van der Waals surface area contributed by atoms with Crippen molar-refractivity contribution in [1.29, 1.82) is 0 Å². The molecule has 1 saturated carbocycles. The topological polar surface area (TPSA) is 77.0 Å². The van der Waals surface area contributed by atoms with Gasteiger partial charge in [-0.3, -0.25) is 0 Å². The van der Waals surface area contributed by atoms with Gasteiger partial charge in [-0.2, -0.15) is 0 Å². The summed E-state index contributed by atoms with van der Waals surface area (Å²) >= 11 is 1.61. The molecule has 25 heavy (non-hydrogen) atoms. The maximum absolute atomic E-state index is 6.52. The lowest BCUT2D eigenvalue weighted by Gasteiger charge is -2.38. The van der Waals surface area contributed by atoms with Crippen molar-refractivity contribution < 1.29 is 0 Å². The average molecular weight is 357 g/mol. The van der Waals surface area contributed by atoms with Crippen molar-refractivity contribution in [2.75, 3.05) is 17.6 Å². The third-order valence-electron chi connectivity index (χ3n) is 5.38. The number of nitrogen functional groups attached to an aromatic ring is 1. The minimum absolute atomic E-state index is 0.104. The van der Waals surface area contributed by atoms with Gasteiger partial charge in [-0.05, 0) is 55.7 Å². The molecule has 1 aliphatic carbocycles. The van der Waals surface area contributed by atoms with Crippen LogP contribution in [0.5, 0.6) is 0 Å². The molecule has 0 saturated heterocycles. The van der Waals surface area contributed by atoms with Crippen LogP contribution in [0.4, 0.5) is 11.5 Å². The van der Waals surface area contributed by atoms with Crippen molar-refractivity contribution in [1.82, 2.24) is 4.98 Å². The van der Waals surface area contributed by atoms with Gasteiger partial charge in [0.25, 0.3) is 0 Å². The highest BCUT2D eigenvalue weighted by Crippen LogP contribution is 2.36. The maximum Gasteiger partial charge on any atom is 0.141 e. The Balaban J connectivity index is 1.93. The predicted molar refractivity (Wildman–Crippen MR) is 110 cm³/mol. The molecule has 3 rings (SSSR count). The number of thioether (sulfide) groups is 1. The quantitative estimate of drug-likeness (QED) is 0.535. The Morgan fingerprint density at radius 3 is 2.96 bits per heavy atom. The molecule has 0 aliphatic heterocycles. The molecule has 1 aliphatic rings. The van der Waals surface area contributed by atoms with E-state index in [9.17, 15) is 0 Å². The van der Waals surface area contributed by atoms with Crippen LogP contribution >= 0.6 is 11.8 Å². The first kappa shape index (κ1) is 18.1. The standard InChI is InChI=1S/C20H28N4S/c1-4-25-18-13(2)16-9-8-15(21)11-17(16)24-19(18)23-12-14-7-5-6-10-20(14,3)22/h4,8-9,11,14H,1,5-7,10,12,21-22H2,2-3H3,(H,23,24). The van der Waals surface area contributed by atoms with Crippen molar-refractivity contribution in [2.45, 2.75) is 50.0 Å². The van der Waals surface area contributed by atoms with E-state index in [1.54, 1.807) is 11.8 Å². The second kappa shape index (κ2) is 7.26. The maximum atomic E-state index is 6.52. The minimum Gasteiger partial charge on any atom is -0.399 e. The van der Waals surface area contributed by atoms with E-state index >= 15 is 0 Å². The number of nitrogens with two attached hydrogens (primary N) is 2. The smallest absolute Gasteiger partial charge is 0.141 e. The average Bonchev–Trinajstić information content (AvgIpc) is 2.56. The summed E-state index contributed by atoms with van der Waals surface area (Å²) in [6.45, 7) is 9.03. The minimum atomic E-state index is -0.104. The summed E-state index contributed by atoms with van der Waals surface area (Å²) in [5.74, 6) is 1.36. The van der Waals surface area contributed by atoms with Gasteiger partial charge in [0, 0.05) is 23.2 Å². The number of nitrogens with zero attached hydrogens (tertiary/aromatic N) is 1. The van der Waals surface area contributed by atoms with Gasteiger partial charge < -0.3 is 16.8 Å². The first-order valence-electron chi connectivity index (χ1n) is 8.92. The van der Waals surface area contributed by atoms with Gasteiger partial charge in [0.05, 0.1) is 10.4 Å². The summed E-state index contributed by atoms with van der Waals surface area (Å²) in [6, 6.07) is 5.90. The Morgan fingerprint density at radius 1 is 1.44 bits per heavy atom. The molecule has 2 aromatic rings. The van der Waals surface area contributed by atoms with Crippen LogP contribution in [0.25, 0.3) is 10.9 Å². The fraction of sp³-hybridized carbons (Fsp3) is 0.450. The molecule has 0 bridgehead atoms. The third kappa shape index (κ3) is 3.77. The second-order valence-electron chi connectivity index (χ2n) is 7.31. The molecule has 2 unspecified atom stereocenters. The van der Waals surface area contributed by atoms with Crippen molar-refractivity contribution in [2.24, 2.45) is 11.7 Å². The van der Waals surface area contributed by atoms with Crippen LogP contribution in [0.2, 0.25) is 0 Å². The Morgan fingerprint density at radius 2 is 2.24 bits per heavy atom. The van der Waals surface area contributed by atoms with Crippen molar-refractivity contribution in [3.8, 4) is 0 Å². The number of pyridine rings is 1. The number of fused-ring (bicyclic) bond motifs is 1. The Hall–Kier alpha value is -1.72. The molecule has 5 N–H and O–H groups in total. The van der Waals surface area contributed by atoms with E-state index in [0.29, 0.717) is 5.92 Å². The zero-order valence-corrected chi connectivity index (χ0v) is 16.0. The molecule has 1 aromatic carbocycles. The predicted octanol–water partition coefficient (Wildman–Crippen LogP) is 4.68. The molecule has 0 spiro atoms. The zero-order valence-electron chi connectivity index (χ0n) is 15.1. The molecule has 4 nitrogen and oxygen atoms in total.